The van der Waals surface area contributed by atoms with Crippen LogP contribution in [0.3, 0.4) is 0 Å². The molecule has 3 amide bonds. The maximum Gasteiger partial charge on any atom is 0.321 e. The number of hydrogen-bond acceptors (Lipinski definition) is 6. The molecular weight excluding hydrogens is 310 g/mol. The summed E-state index contributed by atoms with van der Waals surface area (Å²) in [5.41, 5.74) is 0. The van der Waals surface area contributed by atoms with Crippen LogP contribution in [0.25, 0.3) is 0 Å². The number of nitrogens with zero attached hydrogens (tertiary/aromatic N) is 3. The summed E-state index contributed by atoms with van der Waals surface area (Å²) in [5, 5.41) is 13.2. The van der Waals surface area contributed by atoms with E-state index in [0.29, 0.717) is 11.8 Å². The van der Waals surface area contributed by atoms with Crippen LogP contribution >= 0.6 is 0 Å². The van der Waals surface area contributed by atoms with Gasteiger partial charge in [0.1, 0.15) is 0 Å². The zero-order valence-electron chi connectivity index (χ0n) is 14.8. The molecule has 0 spiro atoms. The minimum absolute atomic E-state index is 0.00122. The molecule has 1 aliphatic heterocycles. The van der Waals surface area contributed by atoms with Crippen LogP contribution in [0.15, 0.2) is 4.42 Å². The van der Waals surface area contributed by atoms with Crippen LogP contribution in [0.4, 0.5) is 4.79 Å². The van der Waals surface area contributed by atoms with E-state index in [0.717, 1.165) is 25.9 Å². The Hall–Kier alpha value is -1.96. The molecule has 0 saturated carbocycles. The Morgan fingerprint density at radius 2 is 1.88 bits per heavy atom. The Bertz CT molecular complexity index is 562. The summed E-state index contributed by atoms with van der Waals surface area (Å²) >= 11 is 0. The number of aromatic nitrogens is 2. The predicted molar refractivity (Wildman–Crippen MR) is 88.6 cm³/mol. The Kier molecular flexibility index (Phi) is 6.30. The van der Waals surface area contributed by atoms with E-state index in [4.69, 9.17) is 4.42 Å². The highest BCUT2D eigenvalue weighted by atomic mass is 16.4. The smallest absolute Gasteiger partial charge is 0.321 e. The van der Waals surface area contributed by atoms with E-state index in [9.17, 15) is 9.59 Å². The Balaban J connectivity index is 1.76. The van der Waals surface area contributed by atoms with Crippen molar-refractivity contribution in [2.24, 2.45) is 0 Å². The summed E-state index contributed by atoms with van der Waals surface area (Å²) in [6.07, 6.45) is 1.73. The van der Waals surface area contributed by atoms with Crippen molar-refractivity contribution in [1.29, 1.82) is 0 Å². The lowest BCUT2D eigenvalue weighted by Gasteiger charge is -2.29. The molecule has 0 aliphatic carbocycles. The fraction of sp³-hybridized carbons (Fsp3) is 0.750. The third-order valence-corrected chi connectivity index (χ3v) is 3.93. The predicted octanol–water partition coefficient (Wildman–Crippen LogP) is 1.61. The first-order valence-corrected chi connectivity index (χ1v) is 8.51. The van der Waals surface area contributed by atoms with Crippen molar-refractivity contribution in [2.75, 3.05) is 19.6 Å². The summed E-state index contributed by atoms with van der Waals surface area (Å²) < 4.78 is 5.72. The van der Waals surface area contributed by atoms with Crippen LogP contribution < -0.4 is 10.6 Å². The van der Waals surface area contributed by atoms with E-state index in [1.54, 1.807) is 0 Å². The molecule has 1 aliphatic rings. The van der Waals surface area contributed by atoms with E-state index in [1.165, 1.54) is 0 Å². The van der Waals surface area contributed by atoms with Crippen LogP contribution in [-0.2, 0) is 4.79 Å². The molecule has 2 N–H and O–H groups in total. The second-order valence-corrected chi connectivity index (χ2v) is 6.86. The third kappa shape index (κ3) is 5.30. The maximum atomic E-state index is 11.9. The van der Waals surface area contributed by atoms with E-state index < -0.39 is 6.03 Å². The number of likely N-dealkylation sites (tertiary alicyclic amines) is 1. The van der Waals surface area contributed by atoms with Gasteiger partial charge in [0.15, 0.2) is 0 Å². The van der Waals surface area contributed by atoms with Crippen molar-refractivity contribution >= 4 is 11.9 Å². The molecule has 0 radical (unpaired) electrons. The molecule has 0 atom stereocenters. The monoisotopic (exact) mass is 337 g/mol. The van der Waals surface area contributed by atoms with Crippen molar-refractivity contribution in [2.45, 2.75) is 58.4 Å². The number of piperidine rings is 1. The van der Waals surface area contributed by atoms with E-state index >= 15 is 0 Å². The molecule has 8 nitrogen and oxygen atoms in total. The lowest BCUT2D eigenvalue weighted by Crippen LogP contribution is -2.47. The topological polar surface area (TPSA) is 100 Å². The quantitative estimate of drug-likeness (QED) is 0.846. The fourth-order valence-corrected chi connectivity index (χ4v) is 2.65. The van der Waals surface area contributed by atoms with Gasteiger partial charge < -0.3 is 9.73 Å². The summed E-state index contributed by atoms with van der Waals surface area (Å²) in [5.74, 6) is 1.55. The fourth-order valence-electron chi connectivity index (χ4n) is 2.65. The minimum atomic E-state index is -0.447. The van der Waals surface area contributed by atoms with Gasteiger partial charge in [-0.15, -0.1) is 10.2 Å². The zero-order valence-corrected chi connectivity index (χ0v) is 14.8. The number of hydrogen-bond donors (Lipinski definition) is 2. The summed E-state index contributed by atoms with van der Waals surface area (Å²) in [4.78, 5) is 25.4. The van der Waals surface area contributed by atoms with Crippen molar-refractivity contribution in [3.63, 3.8) is 0 Å². The summed E-state index contributed by atoms with van der Waals surface area (Å²) in [6.45, 7) is 9.49. The molecule has 24 heavy (non-hydrogen) atoms. The van der Waals surface area contributed by atoms with E-state index in [-0.39, 0.29) is 30.3 Å². The largest absolute Gasteiger partial charge is 0.425 e. The van der Waals surface area contributed by atoms with E-state index in [2.05, 4.69) is 20.8 Å². The second-order valence-electron chi connectivity index (χ2n) is 6.86. The Morgan fingerprint density at radius 3 is 2.42 bits per heavy atom. The number of rotatable bonds is 5. The number of carbonyl (C=O) groups excluding carboxylic acids is 2. The highest BCUT2D eigenvalue weighted by Crippen LogP contribution is 2.28. The first kappa shape index (κ1) is 18.4. The molecule has 0 aromatic carbocycles. The molecule has 1 aromatic heterocycles. The van der Waals surface area contributed by atoms with Crippen molar-refractivity contribution in [3.8, 4) is 0 Å². The first-order chi connectivity index (χ1) is 11.3. The maximum absolute atomic E-state index is 11.9. The molecule has 8 heteroatoms. The number of imide groups is 1. The normalized spacial score (nSPS) is 16.6. The van der Waals surface area contributed by atoms with Crippen LogP contribution in [-0.4, -0.2) is 52.7 Å². The molecular formula is C16H27N5O3. The highest BCUT2D eigenvalue weighted by molar-refractivity contribution is 5.95. The molecule has 0 bridgehead atoms. The number of nitrogens with one attached hydrogen (secondary N) is 2. The van der Waals surface area contributed by atoms with Gasteiger partial charge in [0.05, 0.1) is 6.54 Å². The van der Waals surface area contributed by atoms with Gasteiger partial charge in [-0.2, -0.15) is 0 Å². The second kappa shape index (κ2) is 8.23. The van der Waals surface area contributed by atoms with Gasteiger partial charge in [-0.25, -0.2) is 4.79 Å². The molecule has 1 aromatic rings. The Morgan fingerprint density at radius 1 is 1.21 bits per heavy atom. The van der Waals surface area contributed by atoms with Gasteiger partial charge in [0, 0.05) is 17.9 Å². The van der Waals surface area contributed by atoms with Gasteiger partial charge in [-0.05, 0) is 39.8 Å². The lowest BCUT2D eigenvalue weighted by atomic mass is 9.97. The minimum Gasteiger partial charge on any atom is -0.425 e. The van der Waals surface area contributed by atoms with Gasteiger partial charge in [-0.1, -0.05) is 13.8 Å². The SMILES string of the molecule is CC(C)NC(=O)NC(=O)CN1CCC(c2nnc(C(C)C)o2)CC1. The molecule has 134 valence electrons. The van der Waals surface area contributed by atoms with Crippen LogP contribution in [0.1, 0.15) is 64.2 Å². The average Bonchev–Trinajstić information content (AvgIpc) is 2.96. The Labute approximate surface area is 142 Å². The van der Waals surface area contributed by atoms with Gasteiger partial charge in [-0.3, -0.25) is 15.0 Å². The van der Waals surface area contributed by atoms with Crippen LogP contribution in [0.2, 0.25) is 0 Å². The van der Waals surface area contributed by atoms with Crippen molar-refractivity contribution in [3.05, 3.63) is 11.8 Å². The van der Waals surface area contributed by atoms with Crippen LogP contribution in [0.5, 0.6) is 0 Å². The number of amides is 3. The highest BCUT2D eigenvalue weighted by Gasteiger charge is 2.26. The molecule has 1 fully saturated rings. The van der Waals surface area contributed by atoms with Crippen molar-refractivity contribution < 1.29 is 14.0 Å². The average molecular weight is 337 g/mol. The van der Waals surface area contributed by atoms with Gasteiger partial charge in [0.25, 0.3) is 0 Å². The molecule has 2 heterocycles. The van der Waals surface area contributed by atoms with Gasteiger partial charge in [0.2, 0.25) is 17.7 Å². The van der Waals surface area contributed by atoms with Crippen molar-refractivity contribution in [1.82, 2.24) is 25.7 Å². The summed E-state index contributed by atoms with van der Waals surface area (Å²) in [6, 6.07) is -0.448. The standard InChI is InChI=1S/C16H27N5O3/c1-10(2)14-19-20-15(24-14)12-5-7-21(8-6-12)9-13(22)18-16(23)17-11(3)4/h10-12H,5-9H2,1-4H3,(H2,17,18,22,23). The summed E-state index contributed by atoms with van der Waals surface area (Å²) in [7, 11) is 0. The third-order valence-electron chi connectivity index (χ3n) is 3.93. The number of carbonyl (C=O) groups is 2. The molecule has 0 unspecified atom stereocenters. The lowest BCUT2D eigenvalue weighted by molar-refractivity contribution is -0.121. The van der Waals surface area contributed by atoms with E-state index in [1.807, 2.05) is 32.6 Å². The first-order valence-electron chi connectivity index (χ1n) is 8.51. The zero-order chi connectivity index (χ0) is 17.7. The van der Waals surface area contributed by atoms with Gasteiger partial charge >= 0.3 is 6.03 Å². The molecule has 2 rings (SSSR count). The molecule has 1 saturated heterocycles. The number of urea groups is 1. The van der Waals surface area contributed by atoms with Crippen LogP contribution in [0, 0.1) is 0 Å².